The van der Waals surface area contributed by atoms with E-state index in [4.69, 9.17) is 9.73 Å². The van der Waals surface area contributed by atoms with E-state index >= 15 is 0 Å². The van der Waals surface area contributed by atoms with Gasteiger partial charge in [-0.15, -0.1) is 0 Å². The number of nitrogens with one attached hydrogen (secondary N) is 3. The van der Waals surface area contributed by atoms with Gasteiger partial charge in [-0.2, -0.15) is 0 Å². The summed E-state index contributed by atoms with van der Waals surface area (Å²) in [4.78, 5) is 18.5. The van der Waals surface area contributed by atoms with E-state index in [2.05, 4.69) is 47.1 Å². The summed E-state index contributed by atoms with van der Waals surface area (Å²) < 4.78 is 5.22. The van der Waals surface area contributed by atoms with Crippen LogP contribution in [0.5, 0.6) is 0 Å². The summed E-state index contributed by atoms with van der Waals surface area (Å²) in [6.07, 6.45) is -0.414. The molecule has 1 atom stereocenters. The highest BCUT2D eigenvalue weighted by molar-refractivity contribution is 5.79. The predicted octanol–water partition coefficient (Wildman–Crippen LogP) is 2.37. The molecule has 1 aromatic carbocycles. The Morgan fingerprint density at radius 3 is 2.30 bits per heavy atom. The molecule has 0 saturated heterocycles. The topological polar surface area (TPSA) is 78.0 Å². The van der Waals surface area contributed by atoms with Crippen molar-refractivity contribution in [2.24, 2.45) is 4.99 Å². The van der Waals surface area contributed by atoms with Crippen molar-refractivity contribution in [3.05, 3.63) is 35.9 Å². The van der Waals surface area contributed by atoms with Crippen LogP contribution < -0.4 is 16.0 Å². The van der Waals surface area contributed by atoms with Gasteiger partial charge in [0.2, 0.25) is 0 Å². The molecule has 1 aromatic rings. The van der Waals surface area contributed by atoms with E-state index in [1.807, 2.05) is 45.9 Å². The predicted molar refractivity (Wildman–Crippen MR) is 111 cm³/mol. The van der Waals surface area contributed by atoms with E-state index in [-0.39, 0.29) is 6.04 Å². The molecule has 0 aliphatic heterocycles. The van der Waals surface area contributed by atoms with Crippen LogP contribution in [0.25, 0.3) is 0 Å². The van der Waals surface area contributed by atoms with Gasteiger partial charge in [0, 0.05) is 19.6 Å². The van der Waals surface area contributed by atoms with Crippen molar-refractivity contribution < 1.29 is 9.53 Å². The molecule has 0 aromatic heterocycles. The Balaban J connectivity index is 2.55. The number of likely N-dealkylation sites (N-methyl/N-ethyl adjacent to an activating group) is 1. The van der Waals surface area contributed by atoms with Crippen LogP contribution in [0.4, 0.5) is 4.79 Å². The van der Waals surface area contributed by atoms with Crippen LogP contribution in [-0.2, 0) is 4.74 Å². The second-order valence-corrected chi connectivity index (χ2v) is 7.47. The van der Waals surface area contributed by atoms with Gasteiger partial charge in [-0.3, -0.25) is 4.99 Å². The summed E-state index contributed by atoms with van der Waals surface area (Å²) in [6.45, 7) is 9.96. The lowest BCUT2D eigenvalue weighted by atomic mass is 10.1. The maximum atomic E-state index is 11.7. The Hall–Kier alpha value is -2.28. The van der Waals surface area contributed by atoms with Gasteiger partial charge in [0.15, 0.2) is 5.96 Å². The molecule has 0 aliphatic carbocycles. The van der Waals surface area contributed by atoms with Gasteiger partial charge in [0.05, 0.1) is 12.6 Å². The van der Waals surface area contributed by atoms with Crippen molar-refractivity contribution in [3.63, 3.8) is 0 Å². The monoisotopic (exact) mass is 377 g/mol. The standard InChI is InChI=1S/C20H35N5O2/c1-7-21-18(22-13-14-23-19(26)27-20(2,3)4)24-15-17(25(5)6)16-11-9-8-10-12-16/h8-12,17H,7,13-15H2,1-6H3,(H,23,26)(H2,21,22,24). The molecule has 27 heavy (non-hydrogen) atoms. The number of benzene rings is 1. The number of aliphatic imine (C=N–C) groups is 1. The molecule has 3 N–H and O–H groups in total. The number of nitrogens with zero attached hydrogens (tertiary/aromatic N) is 2. The molecule has 7 heteroatoms. The third-order valence-corrected chi connectivity index (χ3v) is 3.66. The van der Waals surface area contributed by atoms with Gasteiger partial charge >= 0.3 is 6.09 Å². The average molecular weight is 378 g/mol. The maximum Gasteiger partial charge on any atom is 0.407 e. The minimum atomic E-state index is -0.494. The summed E-state index contributed by atoms with van der Waals surface area (Å²) in [5, 5.41) is 9.20. The van der Waals surface area contributed by atoms with Crippen LogP contribution >= 0.6 is 0 Å². The summed E-state index contributed by atoms with van der Waals surface area (Å²) in [5.74, 6) is 0.728. The van der Waals surface area contributed by atoms with E-state index < -0.39 is 11.7 Å². The largest absolute Gasteiger partial charge is 0.444 e. The first-order valence-corrected chi connectivity index (χ1v) is 9.43. The molecule has 0 aliphatic rings. The SMILES string of the molecule is CCNC(=NCC(c1ccccc1)N(C)C)NCCNC(=O)OC(C)(C)C. The van der Waals surface area contributed by atoms with E-state index in [1.54, 1.807) is 0 Å². The summed E-state index contributed by atoms with van der Waals surface area (Å²) in [6, 6.07) is 10.5. The van der Waals surface area contributed by atoms with Crippen LogP contribution in [0.2, 0.25) is 0 Å². The van der Waals surface area contributed by atoms with E-state index in [0.29, 0.717) is 19.6 Å². The highest BCUT2D eigenvalue weighted by Gasteiger charge is 2.16. The third-order valence-electron chi connectivity index (χ3n) is 3.66. The van der Waals surface area contributed by atoms with Gasteiger partial charge in [0.25, 0.3) is 0 Å². The fraction of sp³-hybridized carbons (Fsp3) is 0.600. The number of ether oxygens (including phenoxy) is 1. The minimum absolute atomic E-state index is 0.196. The maximum absolute atomic E-state index is 11.7. The number of carbonyl (C=O) groups is 1. The molecule has 1 amide bonds. The normalized spacial score (nSPS) is 13.2. The Morgan fingerprint density at radius 1 is 1.11 bits per heavy atom. The molecule has 0 heterocycles. The molecular weight excluding hydrogens is 342 g/mol. The van der Waals surface area contributed by atoms with Crippen LogP contribution in [0.15, 0.2) is 35.3 Å². The van der Waals surface area contributed by atoms with Crippen LogP contribution in [0.3, 0.4) is 0 Å². The Bertz CT molecular complexity index is 582. The molecule has 0 bridgehead atoms. The van der Waals surface area contributed by atoms with Crippen LogP contribution in [-0.4, -0.2) is 62.8 Å². The molecular formula is C20H35N5O2. The smallest absolute Gasteiger partial charge is 0.407 e. The van der Waals surface area contributed by atoms with Crippen molar-refractivity contribution in [3.8, 4) is 0 Å². The van der Waals surface area contributed by atoms with E-state index in [1.165, 1.54) is 5.56 Å². The van der Waals surface area contributed by atoms with Crippen molar-refractivity contribution in [1.82, 2.24) is 20.9 Å². The van der Waals surface area contributed by atoms with Gasteiger partial charge < -0.3 is 25.6 Å². The molecule has 0 radical (unpaired) electrons. The Morgan fingerprint density at radius 2 is 1.74 bits per heavy atom. The first-order valence-electron chi connectivity index (χ1n) is 9.43. The average Bonchev–Trinajstić information content (AvgIpc) is 2.57. The number of amides is 1. The van der Waals surface area contributed by atoms with Crippen molar-refractivity contribution >= 4 is 12.1 Å². The fourth-order valence-corrected chi connectivity index (χ4v) is 2.42. The molecule has 152 valence electrons. The van der Waals surface area contributed by atoms with Crippen LogP contribution in [0, 0.1) is 0 Å². The van der Waals surface area contributed by atoms with Gasteiger partial charge in [-0.25, -0.2) is 4.79 Å². The zero-order chi connectivity index (χ0) is 20.3. The zero-order valence-corrected chi connectivity index (χ0v) is 17.5. The number of carbonyl (C=O) groups excluding carboxylic acids is 1. The highest BCUT2D eigenvalue weighted by atomic mass is 16.6. The molecule has 1 unspecified atom stereocenters. The molecule has 0 spiro atoms. The first kappa shape index (κ1) is 22.8. The number of alkyl carbamates (subject to hydrolysis) is 1. The number of hydrogen-bond acceptors (Lipinski definition) is 4. The minimum Gasteiger partial charge on any atom is -0.444 e. The number of hydrogen-bond donors (Lipinski definition) is 3. The first-order chi connectivity index (χ1) is 12.7. The van der Waals surface area contributed by atoms with Crippen molar-refractivity contribution in [1.29, 1.82) is 0 Å². The summed E-state index contributed by atoms with van der Waals surface area (Å²) in [5.41, 5.74) is 0.737. The lowest BCUT2D eigenvalue weighted by Gasteiger charge is -2.23. The number of guanidine groups is 1. The molecule has 7 nitrogen and oxygen atoms in total. The molecule has 0 saturated carbocycles. The van der Waals surface area contributed by atoms with Gasteiger partial charge in [-0.05, 0) is 47.4 Å². The van der Waals surface area contributed by atoms with Crippen LogP contribution in [0.1, 0.15) is 39.3 Å². The Kier molecular flexibility index (Phi) is 9.64. The van der Waals surface area contributed by atoms with E-state index in [9.17, 15) is 4.79 Å². The summed E-state index contributed by atoms with van der Waals surface area (Å²) >= 11 is 0. The van der Waals surface area contributed by atoms with Crippen molar-refractivity contribution in [2.75, 3.05) is 40.3 Å². The number of rotatable bonds is 8. The van der Waals surface area contributed by atoms with Crippen molar-refractivity contribution in [2.45, 2.75) is 39.3 Å². The Labute approximate surface area is 163 Å². The van der Waals surface area contributed by atoms with E-state index in [0.717, 1.165) is 12.5 Å². The third kappa shape index (κ3) is 9.84. The molecule has 0 fully saturated rings. The highest BCUT2D eigenvalue weighted by Crippen LogP contribution is 2.17. The lowest BCUT2D eigenvalue weighted by Crippen LogP contribution is -2.42. The second kappa shape index (κ2) is 11.4. The lowest BCUT2D eigenvalue weighted by molar-refractivity contribution is 0.0529. The fourth-order valence-electron chi connectivity index (χ4n) is 2.42. The summed E-state index contributed by atoms with van der Waals surface area (Å²) in [7, 11) is 4.11. The van der Waals surface area contributed by atoms with Gasteiger partial charge in [0.1, 0.15) is 5.60 Å². The van der Waals surface area contributed by atoms with Gasteiger partial charge in [-0.1, -0.05) is 30.3 Å². The zero-order valence-electron chi connectivity index (χ0n) is 17.5. The quantitative estimate of drug-likeness (QED) is 0.368. The molecule has 1 rings (SSSR count). The second-order valence-electron chi connectivity index (χ2n) is 7.47.